The molecule has 4 nitrogen and oxygen atoms in total. The maximum Gasteiger partial charge on any atom is 0.330 e. The van der Waals surface area contributed by atoms with Crippen molar-refractivity contribution in [1.29, 1.82) is 0 Å². The van der Waals surface area contributed by atoms with Gasteiger partial charge < -0.3 is 10.2 Å². The van der Waals surface area contributed by atoms with E-state index in [4.69, 9.17) is 0 Å². The van der Waals surface area contributed by atoms with E-state index >= 15 is 0 Å². The molecule has 0 fully saturated rings. The van der Waals surface area contributed by atoms with Crippen LogP contribution >= 0.6 is 0 Å². The molecule has 0 unspecified atom stereocenters. The van der Waals surface area contributed by atoms with Crippen LogP contribution in [-0.2, 0) is 33.3 Å². The molecule has 142 valence electrons. The van der Waals surface area contributed by atoms with Gasteiger partial charge in [0, 0.05) is 0 Å². The summed E-state index contributed by atoms with van der Waals surface area (Å²) in [5.41, 5.74) is 2.88. The number of aryl methyl sites for hydroxylation is 1. The number of aliphatic carboxylic acids is 2. The van der Waals surface area contributed by atoms with E-state index in [0.717, 1.165) is 34.2 Å². The van der Waals surface area contributed by atoms with Gasteiger partial charge in [0.2, 0.25) is 5.41 Å². The summed E-state index contributed by atoms with van der Waals surface area (Å²) in [7, 11) is 0. The second kappa shape index (κ2) is 6.22. The van der Waals surface area contributed by atoms with Gasteiger partial charge in [0.15, 0.2) is 0 Å². The zero-order valence-electron chi connectivity index (χ0n) is 16.5. The molecule has 0 aromatic heterocycles. The van der Waals surface area contributed by atoms with Crippen molar-refractivity contribution in [2.45, 2.75) is 58.3 Å². The van der Waals surface area contributed by atoms with Gasteiger partial charge in [-0.25, -0.2) is 0 Å². The molecular weight excluding hydrogens is 340 g/mol. The number of carboxylic acid groups (broad SMARTS) is 2. The molecule has 2 N–H and O–H groups in total. The van der Waals surface area contributed by atoms with Gasteiger partial charge in [-0.15, -0.1) is 0 Å². The zero-order valence-corrected chi connectivity index (χ0v) is 16.5. The third kappa shape index (κ3) is 2.43. The molecule has 0 spiro atoms. The minimum Gasteiger partial charge on any atom is -0.480 e. The first-order valence-corrected chi connectivity index (χ1v) is 9.38. The van der Waals surface area contributed by atoms with Crippen LogP contribution in [0.5, 0.6) is 0 Å². The normalized spacial score (nSPS) is 14.6. The van der Waals surface area contributed by atoms with Crippen molar-refractivity contribution in [2.75, 3.05) is 0 Å². The van der Waals surface area contributed by atoms with E-state index in [1.165, 1.54) is 0 Å². The van der Waals surface area contributed by atoms with Gasteiger partial charge in [-0.05, 0) is 57.2 Å². The third-order valence-electron chi connectivity index (χ3n) is 5.69. The van der Waals surface area contributed by atoms with E-state index in [-0.39, 0.29) is 5.41 Å². The SMILES string of the molecule is CCc1cc(C(C)(C)C)c2c(c1CC)C(C(=O)O)(C(=O)O)c1ccccc1-2. The van der Waals surface area contributed by atoms with Crippen molar-refractivity contribution >= 4 is 11.9 Å². The largest absolute Gasteiger partial charge is 0.480 e. The lowest BCUT2D eigenvalue weighted by molar-refractivity contribution is -0.155. The quantitative estimate of drug-likeness (QED) is 0.779. The molecule has 0 aliphatic heterocycles. The van der Waals surface area contributed by atoms with Gasteiger partial charge in [-0.2, -0.15) is 0 Å². The molecule has 0 heterocycles. The minimum absolute atomic E-state index is 0.250. The third-order valence-corrected chi connectivity index (χ3v) is 5.69. The Morgan fingerprint density at radius 3 is 2.07 bits per heavy atom. The van der Waals surface area contributed by atoms with Crippen molar-refractivity contribution in [3.63, 3.8) is 0 Å². The molecule has 1 aliphatic rings. The predicted molar refractivity (Wildman–Crippen MR) is 105 cm³/mol. The summed E-state index contributed by atoms with van der Waals surface area (Å²) in [5.74, 6) is -2.66. The van der Waals surface area contributed by atoms with Crippen molar-refractivity contribution < 1.29 is 19.8 Å². The Morgan fingerprint density at radius 1 is 1.00 bits per heavy atom. The minimum atomic E-state index is -2.07. The summed E-state index contributed by atoms with van der Waals surface area (Å²) in [4.78, 5) is 25.1. The van der Waals surface area contributed by atoms with Crippen LogP contribution in [0.4, 0.5) is 0 Å². The second-order valence-corrected chi connectivity index (χ2v) is 8.17. The van der Waals surface area contributed by atoms with Gasteiger partial charge in [-0.1, -0.05) is 65.0 Å². The fourth-order valence-corrected chi connectivity index (χ4v) is 4.48. The molecule has 0 bridgehead atoms. The number of carboxylic acids is 2. The van der Waals surface area contributed by atoms with Crippen LogP contribution in [0.15, 0.2) is 30.3 Å². The Morgan fingerprint density at radius 2 is 1.59 bits per heavy atom. The Hall–Kier alpha value is -2.62. The topological polar surface area (TPSA) is 74.6 Å². The van der Waals surface area contributed by atoms with Gasteiger partial charge >= 0.3 is 11.9 Å². The number of rotatable bonds is 4. The van der Waals surface area contributed by atoms with Gasteiger partial charge in [-0.3, -0.25) is 9.59 Å². The van der Waals surface area contributed by atoms with Crippen LogP contribution < -0.4 is 0 Å². The van der Waals surface area contributed by atoms with E-state index in [1.807, 2.05) is 26.0 Å². The summed E-state index contributed by atoms with van der Waals surface area (Å²) < 4.78 is 0. The highest BCUT2D eigenvalue weighted by molar-refractivity contribution is 6.15. The van der Waals surface area contributed by atoms with E-state index in [1.54, 1.807) is 12.1 Å². The summed E-state index contributed by atoms with van der Waals surface area (Å²) in [6.07, 6.45) is 1.32. The number of fused-ring (bicyclic) bond motifs is 3. The van der Waals surface area contributed by atoms with Crippen LogP contribution in [0.1, 0.15) is 62.4 Å². The molecule has 0 atom stereocenters. The van der Waals surface area contributed by atoms with Gasteiger partial charge in [0.05, 0.1) is 0 Å². The molecule has 0 saturated heterocycles. The van der Waals surface area contributed by atoms with Crippen molar-refractivity contribution in [3.8, 4) is 11.1 Å². The van der Waals surface area contributed by atoms with E-state index < -0.39 is 17.4 Å². The summed E-state index contributed by atoms with van der Waals surface area (Å²) in [6, 6.07) is 9.20. The molecule has 2 aromatic carbocycles. The molecule has 4 heteroatoms. The maximum atomic E-state index is 12.5. The van der Waals surface area contributed by atoms with Crippen LogP contribution in [0, 0.1) is 0 Å². The number of benzene rings is 2. The average Bonchev–Trinajstić information content (AvgIpc) is 2.91. The monoisotopic (exact) mass is 366 g/mol. The first-order chi connectivity index (χ1) is 12.6. The molecule has 2 aromatic rings. The van der Waals surface area contributed by atoms with Crippen molar-refractivity contribution in [1.82, 2.24) is 0 Å². The molecular formula is C23H26O4. The highest BCUT2D eigenvalue weighted by Gasteiger charge is 2.58. The van der Waals surface area contributed by atoms with E-state index in [9.17, 15) is 19.8 Å². The molecule has 0 amide bonds. The number of hydrogen-bond donors (Lipinski definition) is 2. The second-order valence-electron chi connectivity index (χ2n) is 8.17. The van der Waals surface area contributed by atoms with Gasteiger partial charge in [0.25, 0.3) is 0 Å². The average molecular weight is 366 g/mol. The Kier molecular flexibility index (Phi) is 4.41. The first kappa shape index (κ1) is 19.2. The van der Waals surface area contributed by atoms with Crippen molar-refractivity contribution in [3.05, 3.63) is 58.1 Å². The molecule has 3 rings (SSSR count). The molecule has 27 heavy (non-hydrogen) atoms. The highest BCUT2D eigenvalue weighted by atomic mass is 16.4. The molecule has 0 radical (unpaired) electrons. The van der Waals surface area contributed by atoms with Crippen LogP contribution in [0.3, 0.4) is 0 Å². The lowest BCUT2D eigenvalue weighted by atomic mass is 9.72. The zero-order chi connectivity index (χ0) is 20.1. The van der Waals surface area contributed by atoms with Crippen LogP contribution in [-0.4, -0.2) is 22.2 Å². The number of carbonyl (C=O) groups is 2. The lowest BCUT2D eigenvalue weighted by Gasteiger charge is -2.29. The predicted octanol–water partition coefficient (Wildman–Crippen LogP) is 4.54. The number of hydrogen-bond acceptors (Lipinski definition) is 2. The smallest absolute Gasteiger partial charge is 0.330 e. The summed E-state index contributed by atoms with van der Waals surface area (Å²) in [6.45, 7) is 10.2. The van der Waals surface area contributed by atoms with Gasteiger partial charge in [0.1, 0.15) is 0 Å². The first-order valence-electron chi connectivity index (χ1n) is 9.38. The highest BCUT2D eigenvalue weighted by Crippen LogP contribution is 2.54. The molecule has 0 saturated carbocycles. The van der Waals surface area contributed by atoms with E-state index in [2.05, 4.69) is 26.8 Å². The lowest BCUT2D eigenvalue weighted by Crippen LogP contribution is -2.44. The fraction of sp³-hybridized carbons (Fsp3) is 0.391. The summed E-state index contributed by atoms with van der Waals surface area (Å²) >= 11 is 0. The molecule has 1 aliphatic carbocycles. The fourth-order valence-electron chi connectivity index (χ4n) is 4.48. The Labute approximate surface area is 159 Å². The maximum absolute atomic E-state index is 12.5. The van der Waals surface area contributed by atoms with E-state index in [0.29, 0.717) is 17.5 Å². The van der Waals surface area contributed by atoms with Crippen molar-refractivity contribution in [2.24, 2.45) is 0 Å². The van der Waals surface area contributed by atoms with Crippen LogP contribution in [0.25, 0.3) is 11.1 Å². The summed E-state index contributed by atoms with van der Waals surface area (Å²) in [5, 5.41) is 20.4. The Balaban J connectivity index is 2.66. The standard InChI is InChI=1S/C23H26O4/c1-6-13-12-17(22(3,4)5)18-15-10-8-9-11-16(15)23(20(24)25,21(26)27)19(18)14(13)7-2/h8-12H,6-7H2,1-5H3,(H,24,25)(H,26,27). The van der Waals surface area contributed by atoms with Crippen LogP contribution in [0.2, 0.25) is 0 Å². The Bertz CT molecular complexity index is 934.